The third kappa shape index (κ3) is 7.22. The number of ether oxygens (including phenoxy) is 1. The molecule has 0 saturated heterocycles. The third-order valence-corrected chi connectivity index (χ3v) is 5.51. The van der Waals surface area contributed by atoms with E-state index in [4.69, 9.17) is 9.57 Å². The molecule has 33 heavy (non-hydrogen) atoms. The first-order valence-electron chi connectivity index (χ1n) is 11.2. The van der Waals surface area contributed by atoms with E-state index in [1.807, 2.05) is 60.7 Å². The number of aliphatic hydroxyl groups excluding tert-OH is 1. The second kappa shape index (κ2) is 11.7. The number of oxime groups is 1. The third-order valence-electron chi connectivity index (χ3n) is 5.51. The van der Waals surface area contributed by atoms with Crippen LogP contribution in [0.15, 0.2) is 90.1 Å². The fourth-order valence-electron chi connectivity index (χ4n) is 3.90. The van der Waals surface area contributed by atoms with Crippen molar-refractivity contribution < 1.29 is 19.1 Å². The van der Waals surface area contributed by atoms with Gasteiger partial charge in [0.05, 0.1) is 25.0 Å². The SMILES string of the molecule is O[C@H](COCc1ccccc1)CN(Cc1ccc(F)cc1)C[C@@H]1CC(c2ccccc2)=NO1. The Morgan fingerprint density at radius 1 is 0.970 bits per heavy atom. The van der Waals surface area contributed by atoms with Crippen molar-refractivity contribution in [2.75, 3.05) is 19.7 Å². The molecule has 172 valence electrons. The highest BCUT2D eigenvalue weighted by Gasteiger charge is 2.25. The zero-order valence-corrected chi connectivity index (χ0v) is 18.5. The molecule has 5 nitrogen and oxygen atoms in total. The molecule has 4 rings (SSSR count). The quantitative estimate of drug-likeness (QED) is 0.473. The molecule has 0 amide bonds. The van der Waals surface area contributed by atoms with Gasteiger partial charge in [-0.1, -0.05) is 78.0 Å². The van der Waals surface area contributed by atoms with Gasteiger partial charge in [0.2, 0.25) is 0 Å². The predicted octanol–water partition coefficient (Wildman–Crippen LogP) is 4.40. The molecule has 3 aromatic carbocycles. The van der Waals surface area contributed by atoms with E-state index in [2.05, 4.69) is 10.1 Å². The predicted molar refractivity (Wildman–Crippen MR) is 126 cm³/mol. The number of rotatable bonds is 11. The molecule has 1 aliphatic heterocycles. The van der Waals surface area contributed by atoms with Crippen LogP contribution in [0, 0.1) is 5.82 Å². The number of aliphatic hydroxyl groups is 1. The molecule has 0 saturated carbocycles. The summed E-state index contributed by atoms with van der Waals surface area (Å²) in [5, 5.41) is 14.9. The van der Waals surface area contributed by atoms with E-state index in [-0.39, 0.29) is 18.5 Å². The summed E-state index contributed by atoms with van der Waals surface area (Å²) in [5.41, 5.74) is 4.02. The van der Waals surface area contributed by atoms with Crippen molar-refractivity contribution in [1.29, 1.82) is 0 Å². The Bertz CT molecular complexity index is 1010. The molecule has 3 aromatic rings. The molecule has 0 aliphatic carbocycles. The second-order valence-electron chi connectivity index (χ2n) is 8.31. The van der Waals surface area contributed by atoms with E-state index in [1.54, 1.807) is 12.1 Å². The lowest BCUT2D eigenvalue weighted by molar-refractivity contribution is -0.00649. The summed E-state index contributed by atoms with van der Waals surface area (Å²) >= 11 is 0. The van der Waals surface area contributed by atoms with Crippen LogP contribution in [0.3, 0.4) is 0 Å². The topological polar surface area (TPSA) is 54.3 Å². The highest BCUT2D eigenvalue weighted by atomic mass is 19.1. The average molecular weight is 449 g/mol. The van der Waals surface area contributed by atoms with Crippen molar-refractivity contribution in [3.05, 3.63) is 107 Å². The minimum absolute atomic E-state index is 0.113. The fraction of sp³-hybridized carbons (Fsp3) is 0.296. The maximum absolute atomic E-state index is 13.3. The lowest BCUT2D eigenvalue weighted by atomic mass is 10.0. The highest BCUT2D eigenvalue weighted by molar-refractivity contribution is 6.01. The van der Waals surface area contributed by atoms with Crippen LogP contribution < -0.4 is 0 Å². The summed E-state index contributed by atoms with van der Waals surface area (Å²) < 4.78 is 19.1. The monoisotopic (exact) mass is 448 g/mol. The smallest absolute Gasteiger partial charge is 0.145 e. The van der Waals surface area contributed by atoms with Gasteiger partial charge in [-0.3, -0.25) is 4.90 Å². The summed E-state index contributed by atoms with van der Waals surface area (Å²) in [6.07, 6.45) is -0.0759. The lowest BCUT2D eigenvalue weighted by Crippen LogP contribution is -2.39. The first-order valence-corrected chi connectivity index (χ1v) is 11.2. The highest BCUT2D eigenvalue weighted by Crippen LogP contribution is 2.19. The normalized spacial score (nSPS) is 16.5. The Labute approximate surface area is 194 Å². The second-order valence-corrected chi connectivity index (χ2v) is 8.31. The molecule has 1 aliphatic rings. The summed E-state index contributed by atoms with van der Waals surface area (Å²) in [4.78, 5) is 7.81. The number of halogens is 1. The first-order chi connectivity index (χ1) is 16.2. The lowest BCUT2D eigenvalue weighted by Gasteiger charge is -2.27. The van der Waals surface area contributed by atoms with Gasteiger partial charge < -0.3 is 14.7 Å². The Kier molecular flexibility index (Phi) is 8.19. The average Bonchev–Trinajstić information content (AvgIpc) is 3.30. The maximum atomic E-state index is 13.3. The van der Waals surface area contributed by atoms with Crippen molar-refractivity contribution in [2.24, 2.45) is 5.16 Å². The van der Waals surface area contributed by atoms with Gasteiger partial charge in [-0.2, -0.15) is 0 Å². The maximum Gasteiger partial charge on any atom is 0.145 e. The van der Waals surface area contributed by atoms with Gasteiger partial charge in [-0.25, -0.2) is 4.39 Å². The van der Waals surface area contributed by atoms with Crippen LogP contribution in [0.1, 0.15) is 23.1 Å². The molecule has 0 bridgehead atoms. The van der Waals surface area contributed by atoms with Crippen LogP contribution in [-0.4, -0.2) is 47.6 Å². The molecule has 0 fully saturated rings. The zero-order valence-electron chi connectivity index (χ0n) is 18.5. The molecule has 0 spiro atoms. The number of hydrogen-bond acceptors (Lipinski definition) is 5. The molecule has 1 heterocycles. The molecule has 0 unspecified atom stereocenters. The standard InChI is InChI=1S/C27H29FN2O3/c28-24-13-11-21(12-14-24)16-30(17-25(31)20-32-19-22-7-3-1-4-8-22)18-26-15-27(29-33-26)23-9-5-2-6-10-23/h1-14,25-26,31H,15-20H2/t25-,26-/m0/s1. The summed E-state index contributed by atoms with van der Waals surface area (Å²) in [6, 6.07) is 26.3. The van der Waals surface area contributed by atoms with Crippen molar-refractivity contribution in [1.82, 2.24) is 4.90 Å². The van der Waals surface area contributed by atoms with Crippen LogP contribution in [0.25, 0.3) is 0 Å². The van der Waals surface area contributed by atoms with Crippen molar-refractivity contribution in [3.63, 3.8) is 0 Å². The number of benzene rings is 3. The van der Waals surface area contributed by atoms with Crippen molar-refractivity contribution in [2.45, 2.75) is 31.8 Å². The van der Waals surface area contributed by atoms with Crippen LogP contribution in [0.4, 0.5) is 4.39 Å². The summed E-state index contributed by atoms with van der Waals surface area (Å²) in [6.45, 7) is 2.25. The fourth-order valence-corrected chi connectivity index (χ4v) is 3.90. The number of nitrogens with zero attached hydrogens (tertiary/aromatic N) is 2. The Balaban J connectivity index is 1.33. The minimum atomic E-state index is -0.662. The Morgan fingerprint density at radius 2 is 1.67 bits per heavy atom. The molecule has 6 heteroatoms. The molecule has 0 radical (unpaired) electrons. The van der Waals surface area contributed by atoms with Crippen LogP contribution >= 0.6 is 0 Å². The largest absolute Gasteiger partial charge is 0.390 e. The molecule has 2 atom stereocenters. The summed E-state index contributed by atoms with van der Waals surface area (Å²) in [7, 11) is 0. The molecular weight excluding hydrogens is 419 g/mol. The van der Waals surface area contributed by atoms with Crippen molar-refractivity contribution in [3.8, 4) is 0 Å². The van der Waals surface area contributed by atoms with E-state index < -0.39 is 6.10 Å². The van der Waals surface area contributed by atoms with Gasteiger partial charge >= 0.3 is 0 Å². The van der Waals surface area contributed by atoms with Gasteiger partial charge in [-0.05, 0) is 28.8 Å². The van der Waals surface area contributed by atoms with E-state index in [1.165, 1.54) is 12.1 Å². The van der Waals surface area contributed by atoms with Crippen LogP contribution in [-0.2, 0) is 22.7 Å². The number of hydrogen-bond donors (Lipinski definition) is 1. The van der Waals surface area contributed by atoms with Gasteiger partial charge in [0.15, 0.2) is 0 Å². The Hall–Kier alpha value is -3.06. The van der Waals surface area contributed by atoms with Crippen LogP contribution in [0.2, 0.25) is 0 Å². The molecule has 1 N–H and O–H groups in total. The zero-order chi connectivity index (χ0) is 22.9. The van der Waals surface area contributed by atoms with Gasteiger partial charge in [-0.15, -0.1) is 0 Å². The van der Waals surface area contributed by atoms with E-state index in [0.29, 0.717) is 32.7 Å². The van der Waals surface area contributed by atoms with Crippen molar-refractivity contribution >= 4 is 5.71 Å². The van der Waals surface area contributed by atoms with Gasteiger partial charge in [0, 0.05) is 26.1 Å². The van der Waals surface area contributed by atoms with Gasteiger partial charge in [0.1, 0.15) is 11.9 Å². The Morgan fingerprint density at radius 3 is 2.39 bits per heavy atom. The van der Waals surface area contributed by atoms with E-state index >= 15 is 0 Å². The van der Waals surface area contributed by atoms with E-state index in [0.717, 1.165) is 22.4 Å². The van der Waals surface area contributed by atoms with E-state index in [9.17, 15) is 9.50 Å². The minimum Gasteiger partial charge on any atom is -0.390 e. The van der Waals surface area contributed by atoms with Gasteiger partial charge in [0.25, 0.3) is 0 Å². The first kappa shape index (κ1) is 23.1. The molecule has 0 aromatic heterocycles. The van der Waals surface area contributed by atoms with Crippen LogP contribution in [0.5, 0.6) is 0 Å². The molecular formula is C27H29FN2O3. The summed E-state index contributed by atoms with van der Waals surface area (Å²) in [5.74, 6) is -0.264.